The van der Waals surface area contributed by atoms with Crippen LogP contribution < -0.4 is 11.5 Å². The van der Waals surface area contributed by atoms with Gasteiger partial charge in [0.15, 0.2) is 0 Å². The Hall–Kier alpha value is -1.38. The van der Waals surface area contributed by atoms with Gasteiger partial charge in [0.2, 0.25) is 0 Å². The summed E-state index contributed by atoms with van der Waals surface area (Å²) in [4.78, 5) is 25.0. The molecule has 7 N–H and O–H groups in total. The van der Waals surface area contributed by atoms with Gasteiger partial charge in [0, 0.05) is 12.8 Å². The third-order valence-corrected chi connectivity index (χ3v) is 10.5. The lowest BCUT2D eigenvalue weighted by Crippen LogP contribution is -2.37. The van der Waals surface area contributed by atoms with Crippen molar-refractivity contribution in [2.24, 2.45) is 47.0 Å². The van der Waals surface area contributed by atoms with E-state index in [1.165, 1.54) is 0 Å². The minimum atomic E-state index is -0.461. The van der Waals surface area contributed by atoms with E-state index in [9.17, 15) is 24.9 Å². The van der Waals surface area contributed by atoms with E-state index in [0.717, 1.165) is 70.6 Å². The number of carbonyl (C=O) groups is 2. The van der Waals surface area contributed by atoms with Crippen LogP contribution >= 0.6 is 0 Å². The molecule has 3 aliphatic rings. The molecule has 0 bridgehead atoms. The summed E-state index contributed by atoms with van der Waals surface area (Å²) in [6.45, 7) is 4.15. The highest BCUT2D eigenvalue weighted by atomic mass is 16.3. The topological polar surface area (TPSA) is 147 Å². The van der Waals surface area contributed by atoms with Crippen LogP contribution in [0.1, 0.15) is 123 Å². The fourth-order valence-electron chi connectivity index (χ4n) is 7.85. The predicted molar refractivity (Wildman–Crippen MR) is 173 cm³/mol. The molecule has 0 aromatic carbocycles. The molecular formula is C36H62N2O5. The lowest BCUT2D eigenvalue weighted by atomic mass is 9.72. The van der Waals surface area contributed by atoms with Crippen LogP contribution in [0.2, 0.25) is 0 Å². The van der Waals surface area contributed by atoms with Gasteiger partial charge in [0.05, 0.1) is 30.4 Å². The van der Waals surface area contributed by atoms with Crippen LogP contribution in [0.5, 0.6) is 0 Å². The van der Waals surface area contributed by atoms with Crippen molar-refractivity contribution >= 4 is 11.6 Å². The quantitative estimate of drug-likeness (QED) is 0.149. The van der Waals surface area contributed by atoms with Crippen molar-refractivity contribution in [1.29, 1.82) is 0 Å². The second-order valence-corrected chi connectivity index (χ2v) is 14.3. The summed E-state index contributed by atoms with van der Waals surface area (Å²) in [6, 6.07) is -0.921. The molecule has 0 saturated heterocycles. The lowest BCUT2D eigenvalue weighted by molar-refractivity contribution is -0.121. The summed E-state index contributed by atoms with van der Waals surface area (Å²) in [5.74, 6) is 1.80. The number of nitrogens with two attached hydrogens (primary N) is 2. The fourth-order valence-corrected chi connectivity index (χ4v) is 7.85. The maximum absolute atomic E-state index is 12.5. The van der Waals surface area contributed by atoms with Gasteiger partial charge in [0.1, 0.15) is 11.6 Å². The second kappa shape index (κ2) is 18.6. The average molecular weight is 603 g/mol. The van der Waals surface area contributed by atoms with Crippen LogP contribution in [0.4, 0.5) is 0 Å². The number of hydrogen-bond acceptors (Lipinski definition) is 7. The minimum absolute atomic E-state index is 0.134. The third-order valence-electron chi connectivity index (χ3n) is 10.5. The van der Waals surface area contributed by atoms with Crippen molar-refractivity contribution in [1.82, 2.24) is 0 Å². The zero-order valence-corrected chi connectivity index (χ0v) is 27.0. The number of Topliss-reactive ketones (excluding diaryl/α,β-unsaturated/α-hetero) is 2. The molecule has 0 radical (unpaired) electrons. The molecule has 0 amide bonds. The summed E-state index contributed by atoms with van der Waals surface area (Å²) < 4.78 is 0. The third kappa shape index (κ3) is 12.1. The molecule has 246 valence electrons. The van der Waals surface area contributed by atoms with Crippen LogP contribution in [-0.4, -0.2) is 57.3 Å². The normalized spacial score (nSPS) is 35.3. The van der Waals surface area contributed by atoms with E-state index in [4.69, 9.17) is 11.5 Å². The van der Waals surface area contributed by atoms with E-state index in [1.54, 1.807) is 0 Å². The molecule has 0 aliphatic heterocycles. The molecule has 10 atom stereocenters. The predicted octanol–water partition coefficient (Wildman–Crippen LogP) is 5.38. The van der Waals surface area contributed by atoms with Gasteiger partial charge < -0.3 is 26.8 Å². The molecule has 0 heterocycles. The number of hydrogen-bond donors (Lipinski definition) is 5. The summed E-state index contributed by atoms with van der Waals surface area (Å²) in [5.41, 5.74) is 12.6. The highest BCUT2D eigenvalue weighted by molar-refractivity contribution is 5.84. The Morgan fingerprint density at radius 2 is 1.05 bits per heavy atom. The van der Waals surface area contributed by atoms with Gasteiger partial charge in [-0.25, -0.2) is 0 Å². The standard InChI is InChI=1S/C36H62N2O5/c1-3-5-7-35(42)33(37)22-28-20-30(39)15-13-26(28)11-9-24-17-25(19-32(41)18-24)10-12-27-14-16-31(40)21-29(27)23-34(38)36(43)8-6-4-2/h9-12,24-34,39-41H,3-8,13-23,37-38H2,1-2H3/b11-9+,12-10+. The molecule has 43 heavy (non-hydrogen) atoms. The van der Waals surface area contributed by atoms with Crippen LogP contribution in [0.3, 0.4) is 0 Å². The molecule has 0 aromatic rings. The molecule has 3 rings (SSSR count). The van der Waals surface area contributed by atoms with Crippen LogP contribution in [0.25, 0.3) is 0 Å². The Bertz CT molecular complexity index is 836. The lowest BCUT2D eigenvalue weighted by Gasteiger charge is -2.35. The number of aliphatic hydroxyl groups excluding tert-OH is 3. The van der Waals surface area contributed by atoms with Crippen molar-refractivity contribution in [3.8, 4) is 0 Å². The molecule has 10 unspecified atom stereocenters. The summed E-state index contributed by atoms with van der Waals surface area (Å²) in [5, 5.41) is 31.5. The summed E-state index contributed by atoms with van der Waals surface area (Å²) >= 11 is 0. The number of ketones is 2. The molecule has 3 fully saturated rings. The van der Waals surface area contributed by atoms with E-state index < -0.39 is 12.1 Å². The van der Waals surface area contributed by atoms with Crippen molar-refractivity contribution < 1.29 is 24.9 Å². The first-order chi connectivity index (χ1) is 20.6. The van der Waals surface area contributed by atoms with Crippen molar-refractivity contribution in [3.63, 3.8) is 0 Å². The van der Waals surface area contributed by atoms with Crippen LogP contribution in [-0.2, 0) is 9.59 Å². The zero-order chi connectivity index (χ0) is 31.4. The molecule has 7 heteroatoms. The number of rotatable bonds is 16. The smallest absolute Gasteiger partial charge is 0.149 e. The first kappa shape index (κ1) is 36.1. The summed E-state index contributed by atoms with van der Waals surface area (Å²) in [7, 11) is 0. The molecule has 0 spiro atoms. The number of aliphatic hydroxyl groups is 3. The van der Waals surface area contributed by atoms with E-state index in [1.807, 2.05) is 0 Å². The number of allylic oxidation sites excluding steroid dienone is 4. The van der Waals surface area contributed by atoms with E-state index in [0.29, 0.717) is 50.4 Å². The molecular weight excluding hydrogens is 540 g/mol. The first-order valence-electron chi connectivity index (χ1n) is 17.6. The van der Waals surface area contributed by atoms with Crippen LogP contribution in [0.15, 0.2) is 24.3 Å². The minimum Gasteiger partial charge on any atom is -0.393 e. The highest BCUT2D eigenvalue weighted by Crippen LogP contribution is 2.38. The SMILES string of the molecule is CCCCC(=O)C(N)CC1CC(O)CCC1/C=C/C1CC(O)CC(/C=C/C2CCC(O)CC2CC(N)C(=O)CCCC)C1. The van der Waals surface area contributed by atoms with Gasteiger partial charge in [-0.15, -0.1) is 0 Å². The highest BCUT2D eigenvalue weighted by Gasteiger charge is 2.33. The Kier molecular flexibility index (Phi) is 15.6. The second-order valence-electron chi connectivity index (χ2n) is 14.3. The van der Waals surface area contributed by atoms with Crippen molar-refractivity contribution in [2.45, 2.75) is 153 Å². The molecule has 3 saturated carbocycles. The number of unbranched alkanes of at least 4 members (excludes halogenated alkanes) is 2. The van der Waals surface area contributed by atoms with Crippen molar-refractivity contribution in [3.05, 3.63) is 24.3 Å². The van der Waals surface area contributed by atoms with Crippen molar-refractivity contribution in [2.75, 3.05) is 0 Å². The molecule has 7 nitrogen and oxygen atoms in total. The maximum Gasteiger partial charge on any atom is 0.149 e. The van der Waals surface area contributed by atoms with Gasteiger partial charge in [0.25, 0.3) is 0 Å². The largest absolute Gasteiger partial charge is 0.393 e. The van der Waals surface area contributed by atoms with Gasteiger partial charge >= 0.3 is 0 Å². The van der Waals surface area contributed by atoms with E-state index in [2.05, 4.69) is 38.2 Å². The monoisotopic (exact) mass is 602 g/mol. The Labute approximate surface area is 261 Å². The van der Waals surface area contributed by atoms with Crippen LogP contribution in [0, 0.1) is 35.5 Å². The first-order valence-corrected chi connectivity index (χ1v) is 17.6. The van der Waals surface area contributed by atoms with Gasteiger partial charge in [-0.3, -0.25) is 9.59 Å². The zero-order valence-electron chi connectivity index (χ0n) is 27.0. The Morgan fingerprint density at radius 3 is 1.44 bits per heavy atom. The summed E-state index contributed by atoms with van der Waals surface area (Å²) in [6.07, 6.45) is 21.4. The fraction of sp³-hybridized carbons (Fsp3) is 0.833. The Morgan fingerprint density at radius 1 is 0.628 bits per heavy atom. The van der Waals surface area contributed by atoms with Gasteiger partial charge in [-0.2, -0.15) is 0 Å². The Balaban J connectivity index is 1.59. The van der Waals surface area contributed by atoms with E-state index in [-0.39, 0.29) is 53.6 Å². The van der Waals surface area contributed by atoms with Gasteiger partial charge in [-0.1, -0.05) is 51.0 Å². The number of carbonyl (C=O) groups excluding carboxylic acids is 2. The van der Waals surface area contributed by atoms with E-state index >= 15 is 0 Å². The molecule has 0 aromatic heterocycles. The average Bonchev–Trinajstić information content (AvgIpc) is 2.97. The van der Waals surface area contributed by atoms with Gasteiger partial charge in [-0.05, 0) is 119 Å². The molecule has 3 aliphatic carbocycles. The maximum atomic E-state index is 12.5.